The van der Waals surface area contributed by atoms with E-state index in [2.05, 4.69) is 84.9 Å². The van der Waals surface area contributed by atoms with Crippen LogP contribution in [0.3, 0.4) is 0 Å². The molecule has 0 aromatic heterocycles. The standard InChI is InChI=1S/C17H14OP.C17H14P.Fe/c18-19(17-13-7-8-14-17,15-9-3-1-4-10-15)16-11-5-2-6-12-16;1-3-9-15(10-4-1)18(17-13-7-8-14-17)16-11-5-2-6-12-16;/h1-14H;1-14H;/q-1;-5;. The number of hydrogen-bond acceptors (Lipinski definition) is 1. The van der Waals surface area contributed by atoms with Gasteiger partial charge in [-0.3, -0.25) is 0 Å². The Kier molecular flexibility index (Phi) is 9.89. The molecule has 0 aliphatic rings. The second-order valence-corrected chi connectivity index (χ2v) is 13.6. The van der Waals surface area contributed by atoms with Crippen LogP contribution < -0.4 is 31.8 Å². The van der Waals surface area contributed by atoms with Gasteiger partial charge in [0, 0.05) is 27.7 Å². The van der Waals surface area contributed by atoms with E-state index >= 15 is 0 Å². The summed E-state index contributed by atoms with van der Waals surface area (Å²) >= 11 is 0. The molecule has 0 N–H and O–H groups in total. The summed E-state index contributed by atoms with van der Waals surface area (Å²) in [5, 5.41) is 6.89. The predicted molar refractivity (Wildman–Crippen MR) is 162 cm³/mol. The van der Waals surface area contributed by atoms with Gasteiger partial charge in [0.25, 0.3) is 0 Å². The SMILES string of the molecule is O=P(c1ccccc1)(c1ccccc1)[c-]1cccc1.[Fe].c1ccc(P(c2ccccc2)[c-]2[cH-][cH-][cH-][cH-]2)cc1. The molecule has 6 aromatic carbocycles. The van der Waals surface area contributed by atoms with Gasteiger partial charge in [-0.15, -0.1) is 0 Å². The Morgan fingerprint density at radius 1 is 0.526 bits per heavy atom. The van der Waals surface area contributed by atoms with Crippen LogP contribution in [0.2, 0.25) is 0 Å². The zero-order chi connectivity index (χ0) is 25.3. The van der Waals surface area contributed by atoms with Gasteiger partial charge in [-0.1, -0.05) is 137 Å². The maximum absolute atomic E-state index is 13.7. The third-order valence-electron chi connectivity index (χ3n) is 6.18. The Morgan fingerprint density at radius 2 is 0.895 bits per heavy atom. The normalized spacial score (nSPS) is 10.8. The molecule has 0 aliphatic carbocycles. The molecule has 0 unspecified atom stereocenters. The van der Waals surface area contributed by atoms with E-state index in [-0.39, 0.29) is 17.1 Å². The Hall–Kier alpha value is -3.24. The van der Waals surface area contributed by atoms with E-state index in [1.54, 1.807) is 0 Å². The average Bonchev–Trinajstić information content (AvgIpc) is 3.71. The molecule has 0 heterocycles. The first-order valence-corrected chi connectivity index (χ1v) is 15.4. The molecule has 0 bridgehead atoms. The molecule has 194 valence electrons. The summed E-state index contributed by atoms with van der Waals surface area (Å²) in [6, 6.07) is 57.4. The first-order valence-electron chi connectivity index (χ1n) is 12.3. The minimum Gasteiger partial charge on any atom is -0.747 e. The van der Waals surface area contributed by atoms with Gasteiger partial charge in [0.15, 0.2) is 0 Å². The van der Waals surface area contributed by atoms with E-state index in [4.69, 9.17) is 0 Å². The van der Waals surface area contributed by atoms with Crippen molar-refractivity contribution in [3.05, 3.63) is 170 Å². The van der Waals surface area contributed by atoms with Crippen LogP contribution in [-0.2, 0) is 21.6 Å². The molecule has 0 aliphatic heterocycles. The van der Waals surface area contributed by atoms with Gasteiger partial charge < -0.3 is 34.1 Å². The largest absolute Gasteiger partial charge is 0.747 e. The summed E-state index contributed by atoms with van der Waals surface area (Å²) in [6.07, 6.45) is 0. The molecule has 1 nitrogen and oxygen atoms in total. The van der Waals surface area contributed by atoms with E-state index in [1.165, 1.54) is 15.9 Å². The van der Waals surface area contributed by atoms with Gasteiger partial charge >= 0.3 is 0 Å². The van der Waals surface area contributed by atoms with Crippen molar-refractivity contribution in [2.45, 2.75) is 0 Å². The summed E-state index contributed by atoms with van der Waals surface area (Å²) in [5.41, 5.74) is 0. The Balaban J connectivity index is 0.000000173. The van der Waals surface area contributed by atoms with Crippen molar-refractivity contribution in [3.63, 3.8) is 0 Å². The average molecular weight is 570 g/mol. The maximum atomic E-state index is 13.7. The molecular weight excluding hydrogens is 542 g/mol. The van der Waals surface area contributed by atoms with Gasteiger partial charge in [-0.05, 0) is 0 Å². The zero-order valence-corrected chi connectivity index (χ0v) is 23.7. The van der Waals surface area contributed by atoms with E-state index < -0.39 is 15.1 Å². The molecule has 0 atom stereocenters. The topological polar surface area (TPSA) is 17.1 Å². The van der Waals surface area contributed by atoms with Crippen LogP contribution in [0, 0.1) is 0 Å². The maximum Gasteiger partial charge on any atom is 0.122 e. The molecule has 0 amide bonds. The van der Waals surface area contributed by atoms with Crippen molar-refractivity contribution < 1.29 is 21.6 Å². The fourth-order valence-electron chi connectivity index (χ4n) is 4.41. The molecule has 6 rings (SSSR count). The minimum atomic E-state index is -2.73. The number of hydrogen-bond donors (Lipinski definition) is 0. The van der Waals surface area contributed by atoms with Crippen molar-refractivity contribution in [2.75, 3.05) is 0 Å². The molecule has 38 heavy (non-hydrogen) atoms. The molecule has 0 saturated heterocycles. The summed E-state index contributed by atoms with van der Waals surface area (Å²) in [5.74, 6) is 0. The van der Waals surface area contributed by atoms with Gasteiger partial charge in [-0.2, -0.15) is 12.1 Å². The number of benzene rings is 4. The third-order valence-corrected chi connectivity index (χ3v) is 11.7. The molecule has 6 aromatic rings. The Bertz CT molecular complexity index is 1430. The van der Waals surface area contributed by atoms with Crippen LogP contribution in [0.15, 0.2) is 170 Å². The van der Waals surface area contributed by atoms with Crippen LogP contribution in [0.4, 0.5) is 0 Å². The van der Waals surface area contributed by atoms with Crippen molar-refractivity contribution in [1.82, 2.24) is 0 Å². The van der Waals surface area contributed by atoms with E-state index in [9.17, 15) is 4.57 Å². The van der Waals surface area contributed by atoms with E-state index in [0.717, 1.165) is 15.9 Å². The van der Waals surface area contributed by atoms with Gasteiger partial charge in [0.2, 0.25) is 0 Å². The molecule has 0 saturated carbocycles. The van der Waals surface area contributed by atoms with Crippen molar-refractivity contribution >= 4 is 46.9 Å². The minimum absolute atomic E-state index is 0. The summed E-state index contributed by atoms with van der Waals surface area (Å²) in [4.78, 5) is 0. The summed E-state index contributed by atoms with van der Waals surface area (Å²) < 4.78 is 13.7. The molecule has 0 fully saturated rings. The van der Waals surface area contributed by atoms with Crippen LogP contribution in [0.1, 0.15) is 0 Å². The van der Waals surface area contributed by atoms with Gasteiger partial charge in [0.1, 0.15) is 7.14 Å². The quantitative estimate of drug-likeness (QED) is 0.132. The molecule has 4 heteroatoms. The molecule has 0 radical (unpaired) electrons. The molecule has 0 spiro atoms. The van der Waals surface area contributed by atoms with Crippen molar-refractivity contribution in [2.24, 2.45) is 0 Å². The smallest absolute Gasteiger partial charge is 0.122 e. The molecular formula is C34H28FeOP2-6. The second kappa shape index (κ2) is 13.5. The summed E-state index contributed by atoms with van der Waals surface area (Å²) in [6.45, 7) is 0. The first-order chi connectivity index (χ1) is 18.3. The predicted octanol–water partition coefficient (Wildman–Crippen LogP) is 6.21. The Labute approximate surface area is 237 Å². The fraction of sp³-hybridized carbons (Fsp3) is 0. The van der Waals surface area contributed by atoms with Crippen LogP contribution in [0.25, 0.3) is 0 Å². The third kappa shape index (κ3) is 6.24. The van der Waals surface area contributed by atoms with Gasteiger partial charge in [0.05, 0.1) is 0 Å². The number of rotatable bonds is 6. The Morgan fingerprint density at radius 3 is 1.29 bits per heavy atom. The second-order valence-electron chi connectivity index (χ2n) is 8.57. The fourth-order valence-corrected chi connectivity index (χ4v) is 9.39. The summed E-state index contributed by atoms with van der Waals surface area (Å²) in [7, 11) is -3.14. The van der Waals surface area contributed by atoms with E-state index in [1.807, 2.05) is 84.9 Å². The zero-order valence-electron chi connectivity index (χ0n) is 20.8. The first kappa shape index (κ1) is 27.8. The monoisotopic (exact) mass is 570 g/mol. The van der Waals surface area contributed by atoms with Crippen LogP contribution >= 0.6 is 15.1 Å². The van der Waals surface area contributed by atoms with Crippen LogP contribution in [-0.4, -0.2) is 0 Å². The van der Waals surface area contributed by atoms with Crippen molar-refractivity contribution in [3.8, 4) is 0 Å². The van der Waals surface area contributed by atoms with Crippen LogP contribution in [0.5, 0.6) is 0 Å². The van der Waals surface area contributed by atoms with Crippen molar-refractivity contribution in [1.29, 1.82) is 0 Å². The van der Waals surface area contributed by atoms with Gasteiger partial charge in [-0.25, -0.2) is 20.1 Å². The van der Waals surface area contributed by atoms with E-state index in [0.29, 0.717) is 0 Å².